The molecule has 45 heavy (non-hydrogen) atoms. The lowest BCUT2D eigenvalue weighted by Gasteiger charge is -2.18. The van der Waals surface area contributed by atoms with Gasteiger partial charge < -0.3 is 4.42 Å². The minimum atomic E-state index is 0.908. The van der Waals surface area contributed by atoms with Gasteiger partial charge in [-0.3, -0.25) is 0 Å². The molecule has 0 saturated carbocycles. The molecule has 210 valence electrons. The second-order valence-electron chi connectivity index (χ2n) is 11.6. The highest BCUT2D eigenvalue weighted by Gasteiger charge is 2.18. The van der Waals surface area contributed by atoms with Gasteiger partial charge in [0.05, 0.1) is 0 Å². The van der Waals surface area contributed by atoms with Crippen LogP contribution in [-0.4, -0.2) is 0 Å². The van der Waals surface area contributed by atoms with E-state index in [0.29, 0.717) is 0 Å². The Labute approximate surface area is 261 Å². The SMILES string of the molecule is c1ccc(-c2cc(-c3ccc(-c4c5ccccc5c(-c5ccccc5)c5ccccc45)cc3)c3c(c2)oc2ccccc23)cc1. The molecule has 1 aromatic heterocycles. The molecule has 0 saturated heterocycles. The van der Waals surface area contributed by atoms with Crippen molar-refractivity contribution in [2.75, 3.05) is 0 Å². The predicted molar refractivity (Wildman–Crippen MR) is 190 cm³/mol. The third kappa shape index (κ3) is 4.17. The van der Waals surface area contributed by atoms with E-state index >= 15 is 0 Å². The molecule has 0 bridgehead atoms. The fourth-order valence-electron chi connectivity index (χ4n) is 7.05. The van der Waals surface area contributed by atoms with Crippen LogP contribution in [0.3, 0.4) is 0 Å². The van der Waals surface area contributed by atoms with Gasteiger partial charge in [-0.2, -0.15) is 0 Å². The van der Waals surface area contributed by atoms with Gasteiger partial charge in [-0.05, 0) is 84.3 Å². The summed E-state index contributed by atoms with van der Waals surface area (Å²) in [6, 6.07) is 60.9. The fraction of sp³-hybridized carbons (Fsp3) is 0. The molecule has 0 amide bonds. The zero-order valence-electron chi connectivity index (χ0n) is 24.6. The first-order valence-electron chi connectivity index (χ1n) is 15.4. The van der Waals surface area contributed by atoms with Crippen molar-refractivity contribution >= 4 is 43.5 Å². The van der Waals surface area contributed by atoms with Crippen LogP contribution in [-0.2, 0) is 0 Å². The van der Waals surface area contributed by atoms with E-state index in [1.54, 1.807) is 0 Å². The lowest BCUT2D eigenvalue weighted by Crippen LogP contribution is -1.91. The van der Waals surface area contributed by atoms with Gasteiger partial charge in [-0.25, -0.2) is 0 Å². The molecular formula is C44H28O. The van der Waals surface area contributed by atoms with Crippen LogP contribution >= 0.6 is 0 Å². The van der Waals surface area contributed by atoms with Crippen molar-refractivity contribution < 1.29 is 4.42 Å². The molecule has 0 unspecified atom stereocenters. The maximum absolute atomic E-state index is 6.41. The van der Waals surface area contributed by atoms with Crippen LogP contribution in [0.15, 0.2) is 174 Å². The van der Waals surface area contributed by atoms with E-state index in [9.17, 15) is 0 Å². The summed E-state index contributed by atoms with van der Waals surface area (Å²) in [4.78, 5) is 0. The van der Waals surface area contributed by atoms with E-state index in [4.69, 9.17) is 4.42 Å². The second kappa shape index (κ2) is 10.4. The molecule has 1 heterocycles. The van der Waals surface area contributed by atoms with Gasteiger partial charge in [0.2, 0.25) is 0 Å². The van der Waals surface area contributed by atoms with Crippen molar-refractivity contribution in [3.8, 4) is 44.5 Å². The third-order valence-electron chi connectivity index (χ3n) is 9.06. The maximum atomic E-state index is 6.41. The number of fused-ring (bicyclic) bond motifs is 5. The maximum Gasteiger partial charge on any atom is 0.136 e. The number of hydrogen-bond acceptors (Lipinski definition) is 1. The topological polar surface area (TPSA) is 13.1 Å². The van der Waals surface area contributed by atoms with Gasteiger partial charge in [0, 0.05) is 10.8 Å². The van der Waals surface area contributed by atoms with Crippen molar-refractivity contribution in [2.24, 2.45) is 0 Å². The molecule has 0 aliphatic heterocycles. The summed E-state index contributed by atoms with van der Waals surface area (Å²) in [7, 11) is 0. The molecule has 0 fully saturated rings. The molecule has 0 N–H and O–H groups in total. The minimum absolute atomic E-state index is 0.908. The highest BCUT2D eigenvalue weighted by molar-refractivity contribution is 6.21. The second-order valence-corrected chi connectivity index (χ2v) is 11.6. The van der Waals surface area contributed by atoms with E-state index in [0.717, 1.165) is 27.5 Å². The van der Waals surface area contributed by atoms with Crippen molar-refractivity contribution in [1.82, 2.24) is 0 Å². The highest BCUT2D eigenvalue weighted by atomic mass is 16.3. The van der Waals surface area contributed by atoms with Gasteiger partial charge in [0.25, 0.3) is 0 Å². The van der Waals surface area contributed by atoms with Crippen molar-refractivity contribution in [2.45, 2.75) is 0 Å². The van der Waals surface area contributed by atoms with E-state index in [1.165, 1.54) is 60.5 Å². The molecule has 0 aliphatic rings. The summed E-state index contributed by atoms with van der Waals surface area (Å²) in [6.45, 7) is 0. The molecule has 1 heteroatoms. The summed E-state index contributed by atoms with van der Waals surface area (Å²) >= 11 is 0. The Morgan fingerprint density at radius 2 is 0.733 bits per heavy atom. The molecule has 9 rings (SSSR count). The van der Waals surface area contributed by atoms with Gasteiger partial charge in [-0.1, -0.05) is 152 Å². The van der Waals surface area contributed by atoms with E-state index in [2.05, 4.69) is 164 Å². The highest BCUT2D eigenvalue weighted by Crippen LogP contribution is 2.45. The Morgan fingerprint density at radius 1 is 0.289 bits per heavy atom. The van der Waals surface area contributed by atoms with Crippen LogP contribution in [0.1, 0.15) is 0 Å². The van der Waals surface area contributed by atoms with Crippen molar-refractivity contribution in [3.05, 3.63) is 170 Å². The van der Waals surface area contributed by atoms with Crippen LogP contribution in [0, 0.1) is 0 Å². The molecule has 0 atom stereocenters. The van der Waals surface area contributed by atoms with Crippen molar-refractivity contribution in [3.63, 3.8) is 0 Å². The van der Waals surface area contributed by atoms with Crippen molar-refractivity contribution in [1.29, 1.82) is 0 Å². The summed E-state index contributed by atoms with van der Waals surface area (Å²) in [5.41, 5.74) is 11.5. The number of furan rings is 1. The summed E-state index contributed by atoms with van der Waals surface area (Å²) in [6.07, 6.45) is 0. The number of benzene rings is 8. The summed E-state index contributed by atoms with van der Waals surface area (Å²) < 4.78 is 6.41. The van der Waals surface area contributed by atoms with Crippen LogP contribution in [0.25, 0.3) is 88.0 Å². The number of hydrogen-bond donors (Lipinski definition) is 0. The quantitative estimate of drug-likeness (QED) is 0.191. The Kier molecular flexibility index (Phi) is 5.89. The first-order valence-corrected chi connectivity index (χ1v) is 15.4. The van der Waals surface area contributed by atoms with E-state index in [1.807, 2.05) is 6.07 Å². The molecule has 0 aliphatic carbocycles. The molecule has 1 nitrogen and oxygen atoms in total. The fourth-order valence-corrected chi connectivity index (χ4v) is 7.05. The zero-order valence-corrected chi connectivity index (χ0v) is 24.6. The zero-order chi connectivity index (χ0) is 29.7. The average Bonchev–Trinajstić information content (AvgIpc) is 3.50. The Balaban J connectivity index is 1.27. The monoisotopic (exact) mass is 572 g/mol. The average molecular weight is 573 g/mol. The molecule has 8 aromatic carbocycles. The number of para-hydroxylation sites is 1. The summed E-state index contributed by atoms with van der Waals surface area (Å²) in [5.74, 6) is 0. The Hall–Kier alpha value is -5.92. The van der Waals surface area contributed by atoms with Crippen LogP contribution in [0.5, 0.6) is 0 Å². The molecule has 0 radical (unpaired) electrons. The lowest BCUT2D eigenvalue weighted by atomic mass is 9.85. The van der Waals surface area contributed by atoms with Gasteiger partial charge >= 0.3 is 0 Å². The largest absolute Gasteiger partial charge is 0.456 e. The first-order chi connectivity index (χ1) is 22.3. The Morgan fingerprint density at radius 3 is 1.31 bits per heavy atom. The molecular weight excluding hydrogens is 544 g/mol. The van der Waals surface area contributed by atoms with E-state index < -0.39 is 0 Å². The van der Waals surface area contributed by atoms with Gasteiger partial charge in [0.1, 0.15) is 11.2 Å². The molecule has 0 spiro atoms. The normalized spacial score (nSPS) is 11.6. The predicted octanol–water partition coefficient (Wildman–Crippen LogP) is 12.6. The van der Waals surface area contributed by atoms with Gasteiger partial charge in [0.15, 0.2) is 0 Å². The smallest absolute Gasteiger partial charge is 0.136 e. The van der Waals surface area contributed by atoms with E-state index in [-0.39, 0.29) is 0 Å². The van der Waals surface area contributed by atoms with Crippen LogP contribution < -0.4 is 0 Å². The number of rotatable bonds is 4. The summed E-state index contributed by atoms with van der Waals surface area (Å²) in [5, 5.41) is 7.35. The lowest BCUT2D eigenvalue weighted by molar-refractivity contribution is 0.669. The van der Waals surface area contributed by atoms with Crippen LogP contribution in [0.2, 0.25) is 0 Å². The Bertz CT molecular complexity index is 2450. The van der Waals surface area contributed by atoms with Gasteiger partial charge in [-0.15, -0.1) is 0 Å². The standard InChI is InChI=1S/C44H28O/c1-3-13-29(14-4-1)33-27-39(44-38-21-11-12-22-40(38)45-41(44)28-33)30-23-25-32(26-24-30)43-36-19-9-7-17-34(36)42(31-15-5-2-6-16-31)35-18-8-10-20-37(35)43/h1-28H. The molecule has 9 aromatic rings. The van der Waals surface area contributed by atoms with Crippen LogP contribution in [0.4, 0.5) is 0 Å². The third-order valence-corrected chi connectivity index (χ3v) is 9.06. The minimum Gasteiger partial charge on any atom is -0.456 e. The first kappa shape index (κ1) is 25.6.